The Labute approximate surface area is 83.1 Å². The Bertz CT molecular complexity index is 349. The highest BCUT2D eigenvalue weighted by Crippen LogP contribution is 2.31. The number of carbonyl (C=O) groups is 1. The number of nitrogens with one attached hydrogen (secondary N) is 1. The lowest BCUT2D eigenvalue weighted by Gasteiger charge is -2.26. The quantitative estimate of drug-likeness (QED) is 0.733. The van der Waals surface area contributed by atoms with Gasteiger partial charge in [-0.15, -0.1) is 0 Å². The average molecular weight is 191 g/mol. The summed E-state index contributed by atoms with van der Waals surface area (Å²) in [6.45, 7) is 2.21. The van der Waals surface area contributed by atoms with Crippen molar-refractivity contribution in [2.24, 2.45) is 0 Å². The van der Waals surface area contributed by atoms with Crippen LogP contribution in [-0.4, -0.2) is 12.5 Å². The van der Waals surface area contributed by atoms with Crippen LogP contribution in [-0.2, 0) is 4.79 Å². The van der Waals surface area contributed by atoms with Crippen molar-refractivity contribution in [3.05, 3.63) is 29.8 Å². The smallest absolute Gasteiger partial charge is 0.217 e. The minimum atomic E-state index is 0.00621. The van der Waals surface area contributed by atoms with Gasteiger partial charge in [0.25, 0.3) is 0 Å². The minimum absolute atomic E-state index is 0.00621. The molecule has 0 spiro atoms. The largest absolute Gasteiger partial charge is 0.493 e. The summed E-state index contributed by atoms with van der Waals surface area (Å²) in [5, 5.41) is 2.92. The molecule has 1 atom stereocenters. The van der Waals surface area contributed by atoms with Crippen LogP contribution in [0.3, 0.4) is 0 Å². The summed E-state index contributed by atoms with van der Waals surface area (Å²) in [4.78, 5) is 11.0. The summed E-state index contributed by atoms with van der Waals surface area (Å²) < 4.78 is 5.48. The van der Waals surface area contributed by atoms with Crippen molar-refractivity contribution in [3.8, 4) is 5.75 Å². The van der Waals surface area contributed by atoms with Crippen LogP contribution in [0, 0.1) is 0 Å². The highest BCUT2D eigenvalue weighted by atomic mass is 16.5. The molecular formula is C11H13NO2. The second-order valence-corrected chi connectivity index (χ2v) is 3.43. The number of amides is 1. The molecule has 74 valence electrons. The predicted molar refractivity (Wildman–Crippen MR) is 53.1 cm³/mol. The molecule has 1 heterocycles. The molecule has 1 amide bonds. The van der Waals surface area contributed by atoms with Crippen molar-refractivity contribution < 1.29 is 9.53 Å². The van der Waals surface area contributed by atoms with E-state index in [0.29, 0.717) is 6.61 Å². The Morgan fingerprint density at radius 2 is 2.29 bits per heavy atom. The molecule has 0 bridgehead atoms. The van der Waals surface area contributed by atoms with Crippen molar-refractivity contribution >= 4 is 5.91 Å². The molecule has 3 nitrogen and oxygen atoms in total. The van der Waals surface area contributed by atoms with Crippen LogP contribution in [0.4, 0.5) is 0 Å². The Hall–Kier alpha value is -1.51. The van der Waals surface area contributed by atoms with E-state index in [1.807, 2.05) is 24.3 Å². The maximum absolute atomic E-state index is 11.0. The van der Waals surface area contributed by atoms with Gasteiger partial charge in [-0.05, 0) is 6.07 Å². The topological polar surface area (TPSA) is 38.3 Å². The molecule has 1 aliphatic rings. The zero-order valence-electron chi connectivity index (χ0n) is 8.12. The van der Waals surface area contributed by atoms with Crippen LogP contribution in [0.2, 0.25) is 0 Å². The first-order valence-electron chi connectivity index (χ1n) is 4.76. The van der Waals surface area contributed by atoms with Crippen LogP contribution < -0.4 is 10.1 Å². The number of hydrogen-bond acceptors (Lipinski definition) is 2. The molecule has 2 rings (SSSR count). The average Bonchev–Trinajstić information content (AvgIpc) is 2.18. The molecule has 0 fully saturated rings. The fourth-order valence-electron chi connectivity index (χ4n) is 1.74. The molecule has 0 aromatic heterocycles. The number of ether oxygens (including phenoxy) is 1. The highest BCUT2D eigenvalue weighted by molar-refractivity contribution is 5.73. The number of benzene rings is 1. The first kappa shape index (κ1) is 9.06. The van der Waals surface area contributed by atoms with Crippen molar-refractivity contribution in [1.29, 1.82) is 0 Å². The van der Waals surface area contributed by atoms with Gasteiger partial charge in [-0.2, -0.15) is 0 Å². The van der Waals surface area contributed by atoms with Crippen molar-refractivity contribution in [3.63, 3.8) is 0 Å². The van der Waals surface area contributed by atoms with Crippen molar-refractivity contribution in [1.82, 2.24) is 5.32 Å². The highest BCUT2D eigenvalue weighted by Gasteiger charge is 2.20. The normalized spacial score (nSPS) is 19.4. The molecule has 14 heavy (non-hydrogen) atoms. The minimum Gasteiger partial charge on any atom is -0.493 e. The van der Waals surface area contributed by atoms with E-state index in [0.717, 1.165) is 17.7 Å². The summed E-state index contributed by atoms with van der Waals surface area (Å²) in [7, 11) is 0. The van der Waals surface area contributed by atoms with Gasteiger partial charge in [-0.1, -0.05) is 18.2 Å². The Morgan fingerprint density at radius 3 is 3.07 bits per heavy atom. The van der Waals surface area contributed by atoms with Crippen LogP contribution >= 0.6 is 0 Å². The molecule has 1 N–H and O–H groups in total. The lowest BCUT2D eigenvalue weighted by atomic mass is 10.0. The van der Waals surface area contributed by atoms with Gasteiger partial charge in [0.15, 0.2) is 0 Å². The number of carbonyl (C=O) groups excluding carboxylic acids is 1. The van der Waals surface area contributed by atoms with Crippen LogP contribution in [0.1, 0.15) is 24.9 Å². The third-order valence-corrected chi connectivity index (χ3v) is 2.34. The molecule has 0 saturated carbocycles. The zero-order chi connectivity index (χ0) is 9.97. The van der Waals surface area contributed by atoms with E-state index < -0.39 is 0 Å². The van der Waals surface area contributed by atoms with Crippen LogP contribution in [0.15, 0.2) is 24.3 Å². The number of rotatable bonds is 1. The molecule has 1 aromatic carbocycles. The standard InChI is InChI=1S/C11H13NO2/c1-8(13)12-10-6-7-14-11-5-3-2-4-9(10)11/h2-5,10H,6-7H2,1H3,(H,12,13)/t10-/m0/s1. The SMILES string of the molecule is CC(=O)N[C@H]1CCOc2ccccc21. The molecule has 3 heteroatoms. The summed E-state index contributed by atoms with van der Waals surface area (Å²) in [5.74, 6) is 0.893. The summed E-state index contributed by atoms with van der Waals surface area (Å²) in [6.07, 6.45) is 0.844. The summed E-state index contributed by atoms with van der Waals surface area (Å²) >= 11 is 0. The Kier molecular flexibility index (Phi) is 2.39. The van der Waals surface area contributed by atoms with Gasteiger partial charge in [0, 0.05) is 18.9 Å². The third kappa shape index (κ3) is 1.71. The Morgan fingerprint density at radius 1 is 1.50 bits per heavy atom. The van der Waals surface area contributed by atoms with Crippen LogP contribution in [0.25, 0.3) is 0 Å². The van der Waals surface area contributed by atoms with Gasteiger partial charge in [0.2, 0.25) is 5.91 Å². The van der Waals surface area contributed by atoms with Gasteiger partial charge in [0.1, 0.15) is 5.75 Å². The first-order chi connectivity index (χ1) is 6.77. The zero-order valence-corrected chi connectivity index (χ0v) is 8.12. The molecule has 0 saturated heterocycles. The fourth-order valence-corrected chi connectivity index (χ4v) is 1.74. The van der Waals surface area contributed by atoms with E-state index in [1.54, 1.807) is 0 Å². The van der Waals surface area contributed by atoms with E-state index in [9.17, 15) is 4.79 Å². The fraction of sp³-hybridized carbons (Fsp3) is 0.364. The van der Waals surface area contributed by atoms with E-state index >= 15 is 0 Å². The molecule has 1 aliphatic heterocycles. The van der Waals surface area contributed by atoms with Gasteiger partial charge < -0.3 is 10.1 Å². The maximum Gasteiger partial charge on any atom is 0.217 e. The van der Waals surface area contributed by atoms with Gasteiger partial charge >= 0.3 is 0 Å². The van der Waals surface area contributed by atoms with E-state index in [2.05, 4.69) is 5.32 Å². The Balaban J connectivity index is 2.26. The lowest BCUT2D eigenvalue weighted by Crippen LogP contribution is -2.30. The summed E-state index contributed by atoms with van der Waals surface area (Å²) in [5.41, 5.74) is 1.08. The third-order valence-electron chi connectivity index (χ3n) is 2.34. The van der Waals surface area contributed by atoms with Crippen LogP contribution in [0.5, 0.6) is 5.75 Å². The van der Waals surface area contributed by atoms with E-state index in [1.165, 1.54) is 6.92 Å². The summed E-state index contributed by atoms with van der Waals surface area (Å²) in [6, 6.07) is 7.94. The van der Waals surface area contributed by atoms with Gasteiger partial charge in [0.05, 0.1) is 12.6 Å². The van der Waals surface area contributed by atoms with E-state index in [-0.39, 0.29) is 11.9 Å². The number of para-hydroxylation sites is 1. The number of hydrogen-bond donors (Lipinski definition) is 1. The van der Waals surface area contributed by atoms with Gasteiger partial charge in [-0.25, -0.2) is 0 Å². The van der Waals surface area contributed by atoms with Crippen molar-refractivity contribution in [2.45, 2.75) is 19.4 Å². The molecule has 0 radical (unpaired) electrons. The number of fused-ring (bicyclic) bond motifs is 1. The van der Waals surface area contributed by atoms with Crippen molar-refractivity contribution in [2.75, 3.05) is 6.61 Å². The van der Waals surface area contributed by atoms with Gasteiger partial charge in [-0.3, -0.25) is 4.79 Å². The van der Waals surface area contributed by atoms with E-state index in [4.69, 9.17) is 4.74 Å². The molecular weight excluding hydrogens is 178 g/mol. The maximum atomic E-state index is 11.0. The predicted octanol–water partition coefficient (Wildman–Crippen LogP) is 1.65. The molecule has 1 aromatic rings. The first-order valence-corrected chi connectivity index (χ1v) is 4.76. The monoisotopic (exact) mass is 191 g/mol. The molecule has 0 aliphatic carbocycles. The lowest BCUT2D eigenvalue weighted by molar-refractivity contribution is -0.119. The molecule has 0 unspecified atom stereocenters. The second kappa shape index (κ2) is 3.70. The second-order valence-electron chi connectivity index (χ2n) is 3.43.